The Kier molecular flexibility index (Phi) is 2.52. The van der Waals surface area contributed by atoms with Crippen LogP contribution >= 0.6 is 27.5 Å². The summed E-state index contributed by atoms with van der Waals surface area (Å²) in [5.41, 5.74) is 0.963. The third kappa shape index (κ3) is 1.86. The first kappa shape index (κ1) is 7.83. The van der Waals surface area contributed by atoms with Crippen LogP contribution in [0.15, 0.2) is 35.3 Å². The summed E-state index contributed by atoms with van der Waals surface area (Å²) in [5.74, 6) is 0. The zero-order valence-electron chi connectivity index (χ0n) is 5.27. The second-order valence-corrected chi connectivity index (χ2v) is 3.28. The molecule has 1 aromatic carbocycles. The number of rotatable bonds is 1. The van der Waals surface area contributed by atoms with Gasteiger partial charge in [0.1, 0.15) is 0 Å². The molecular formula is C8H6BrCl. The van der Waals surface area contributed by atoms with Gasteiger partial charge in [0, 0.05) is 9.51 Å². The molecule has 0 unspecified atom stereocenters. The molecule has 2 heteroatoms. The van der Waals surface area contributed by atoms with E-state index in [9.17, 15) is 0 Å². The van der Waals surface area contributed by atoms with Gasteiger partial charge < -0.3 is 0 Å². The number of hydrogen-bond donors (Lipinski definition) is 0. The Morgan fingerprint density at radius 2 is 1.80 bits per heavy atom. The van der Waals surface area contributed by atoms with Gasteiger partial charge in [0.15, 0.2) is 0 Å². The Hall–Kier alpha value is -0.270. The maximum absolute atomic E-state index is 5.65. The Morgan fingerprint density at radius 1 is 1.30 bits per heavy atom. The van der Waals surface area contributed by atoms with E-state index < -0.39 is 0 Å². The van der Waals surface area contributed by atoms with Crippen LogP contribution in [0.2, 0.25) is 0 Å². The lowest BCUT2D eigenvalue weighted by Gasteiger charge is -1.95. The monoisotopic (exact) mass is 216 g/mol. The summed E-state index contributed by atoms with van der Waals surface area (Å²) in [6, 6.07) is 7.70. The standard InChI is InChI=1S/C8H6BrCl/c1-6(10)7-2-4-8(9)5-3-7/h2-5H,1H2. The minimum Gasteiger partial charge on any atom is -0.0843 e. The summed E-state index contributed by atoms with van der Waals surface area (Å²) >= 11 is 8.97. The summed E-state index contributed by atoms with van der Waals surface area (Å²) in [7, 11) is 0. The summed E-state index contributed by atoms with van der Waals surface area (Å²) in [6.07, 6.45) is 0. The molecule has 1 aromatic rings. The minimum absolute atomic E-state index is 0.576. The molecule has 1 rings (SSSR count). The van der Waals surface area contributed by atoms with Gasteiger partial charge in [-0.05, 0) is 17.7 Å². The van der Waals surface area contributed by atoms with E-state index in [0.717, 1.165) is 10.0 Å². The van der Waals surface area contributed by atoms with Crippen LogP contribution in [0.4, 0.5) is 0 Å². The maximum Gasteiger partial charge on any atom is 0.0406 e. The molecule has 0 saturated heterocycles. The lowest BCUT2D eigenvalue weighted by Crippen LogP contribution is -1.72. The normalized spacial score (nSPS) is 9.40. The topological polar surface area (TPSA) is 0 Å². The third-order valence-corrected chi connectivity index (χ3v) is 1.90. The van der Waals surface area contributed by atoms with Crippen molar-refractivity contribution < 1.29 is 0 Å². The van der Waals surface area contributed by atoms with E-state index in [1.165, 1.54) is 0 Å². The third-order valence-electron chi connectivity index (χ3n) is 1.16. The molecule has 0 aromatic heterocycles. The molecule has 0 aliphatic carbocycles. The summed E-state index contributed by atoms with van der Waals surface area (Å²) < 4.78 is 1.05. The Morgan fingerprint density at radius 3 is 2.20 bits per heavy atom. The lowest BCUT2D eigenvalue weighted by molar-refractivity contribution is 1.61. The molecular weight excluding hydrogens is 211 g/mol. The van der Waals surface area contributed by atoms with Gasteiger partial charge in [-0.3, -0.25) is 0 Å². The molecule has 0 bridgehead atoms. The van der Waals surface area contributed by atoms with Crippen molar-refractivity contribution in [3.05, 3.63) is 40.9 Å². The van der Waals surface area contributed by atoms with Gasteiger partial charge in [0.05, 0.1) is 0 Å². The second kappa shape index (κ2) is 3.22. The highest BCUT2D eigenvalue weighted by Crippen LogP contribution is 2.18. The van der Waals surface area contributed by atoms with Crippen LogP contribution < -0.4 is 0 Å². The fourth-order valence-electron chi connectivity index (χ4n) is 0.631. The van der Waals surface area contributed by atoms with E-state index in [-0.39, 0.29) is 0 Å². The van der Waals surface area contributed by atoms with Crippen LogP contribution in [0, 0.1) is 0 Å². The first-order valence-electron chi connectivity index (χ1n) is 2.80. The summed E-state index contributed by atoms with van der Waals surface area (Å²) in [5, 5.41) is 0.576. The first-order chi connectivity index (χ1) is 4.70. The van der Waals surface area contributed by atoms with Crippen molar-refractivity contribution in [2.24, 2.45) is 0 Å². The van der Waals surface area contributed by atoms with Crippen LogP contribution in [0.5, 0.6) is 0 Å². The largest absolute Gasteiger partial charge is 0.0843 e. The van der Waals surface area contributed by atoms with E-state index >= 15 is 0 Å². The molecule has 0 saturated carbocycles. The van der Waals surface area contributed by atoms with Crippen molar-refractivity contribution in [3.8, 4) is 0 Å². The van der Waals surface area contributed by atoms with Crippen LogP contribution in [-0.4, -0.2) is 0 Å². The van der Waals surface area contributed by atoms with E-state index in [0.29, 0.717) is 5.03 Å². The fourth-order valence-corrected chi connectivity index (χ4v) is 1.02. The highest BCUT2D eigenvalue weighted by atomic mass is 79.9. The summed E-state index contributed by atoms with van der Waals surface area (Å²) in [4.78, 5) is 0. The molecule has 0 atom stereocenters. The van der Waals surface area contributed by atoms with E-state index in [1.807, 2.05) is 24.3 Å². The summed E-state index contributed by atoms with van der Waals surface area (Å²) in [6.45, 7) is 3.61. The Balaban J connectivity index is 3.00. The fraction of sp³-hybridized carbons (Fsp3) is 0. The second-order valence-electron chi connectivity index (χ2n) is 1.91. The van der Waals surface area contributed by atoms with Crippen molar-refractivity contribution in [3.63, 3.8) is 0 Å². The molecule has 0 aliphatic rings. The van der Waals surface area contributed by atoms with Crippen molar-refractivity contribution in [1.82, 2.24) is 0 Å². The molecule has 10 heavy (non-hydrogen) atoms. The quantitative estimate of drug-likeness (QED) is 0.673. The van der Waals surface area contributed by atoms with Gasteiger partial charge in [-0.1, -0.05) is 46.2 Å². The molecule has 52 valence electrons. The average molecular weight is 217 g/mol. The van der Waals surface area contributed by atoms with E-state index in [2.05, 4.69) is 22.5 Å². The van der Waals surface area contributed by atoms with E-state index in [4.69, 9.17) is 11.6 Å². The van der Waals surface area contributed by atoms with Gasteiger partial charge in [-0.2, -0.15) is 0 Å². The highest BCUT2D eigenvalue weighted by molar-refractivity contribution is 9.10. The van der Waals surface area contributed by atoms with Crippen LogP contribution in [0.25, 0.3) is 5.03 Å². The molecule has 0 aliphatic heterocycles. The first-order valence-corrected chi connectivity index (χ1v) is 3.97. The van der Waals surface area contributed by atoms with Crippen molar-refractivity contribution in [1.29, 1.82) is 0 Å². The number of hydrogen-bond acceptors (Lipinski definition) is 0. The van der Waals surface area contributed by atoms with Crippen LogP contribution in [0.3, 0.4) is 0 Å². The molecule has 0 N–H and O–H groups in total. The Labute approximate surface area is 73.6 Å². The molecule has 0 amide bonds. The van der Waals surface area contributed by atoms with Crippen LogP contribution in [-0.2, 0) is 0 Å². The number of halogens is 2. The van der Waals surface area contributed by atoms with Gasteiger partial charge >= 0.3 is 0 Å². The lowest BCUT2D eigenvalue weighted by atomic mass is 10.2. The maximum atomic E-state index is 5.65. The van der Waals surface area contributed by atoms with E-state index in [1.54, 1.807) is 0 Å². The Bertz CT molecular complexity index is 238. The molecule has 0 fully saturated rings. The average Bonchev–Trinajstić information content (AvgIpc) is 1.88. The van der Waals surface area contributed by atoms with Gasteiger partial charge in [-0.25, -0.2) is 0 Å². The highest BCUT2D eigenvalue weighted by Gasteiger charge is 1.92. The molecule has 0 nitrogen and oxygen atoms in total. The van der Waals surface area contributed by atoms with Crippen LogP contribution in [0.1, 0.15) is 5.56 Å². The molecule has 0 spiro atoms. The predicted octanol–water partition coefficient (Wildman–Crippen LogP) is 3.66. The van der Waals surface area contributed by atoms with Gasteiger partial charge in [-0.15, -0.1) is 0 Å². The smallest absolute Gasteiger partial charge is 0.0406 e. The molecule has 0 radical (unpaired) electrons. The minimum atomic E-state index is 0.576. The SMILES string of the molecule is C=C(Cl)c1ccc(Br)cc1. The zero-order chi connectivity index (χ0) is 7.56. The zero-order valence-corrected chi connectivity index (χ0v) is 7.61. The van der Waals surface area contributed by atoms with Gasteiger partial charge in [0.2, 0.25) is 0 Å². The number of benzene rings is 1. The molecule has 0 heterocycles. The van der Waals surface area contributed by atoms with Crippen molar-refractivity contribution in [2.45, 2.75) is 0 Å². The predicted molar refractivity (Wildman–Crippen MR) is 49.0 cm³/mol. The van der Waals surface area contributed by atoms with Crippen molar-refractivity contribution in [2.75, 3.05) is 0 Å². The van der Waals surface area contributed by atoms with Crippen molar-refractivity contribution >= 4 is 32.6 Å². The van der Waals surface area contributed by atoms with Gasteiger partial charge in [0.25, 0.3) is 0 Å².